The molecule has 0 aliphatic carbocycles. The van der Waals surface area contributed by atoms with Crippen LogP contribution in [0.25, 0.3) is 0 Å². The summed E-state index contributed by atoms with van der Waals surface area (Å²) in [5, 5.41) is 12.2. The Bertz CT molecular complexity index is 311. The number of benzene rings is 1. The number of aliphatic hydroxyl groups excluding tert-OH is 1. The molecule has 16 heavy (non-hydrogen) atoms. The fraction of sp³-hybridized carbons (Fsp3) is 0.462. The van der Waals surface area contributed by atoms with E-state index >= 15 is 0 Å². The minimum Gasteiger partial charge on any atom is -0.393 e. The molecule has 2 N–H and O–H groups in total. The van der Waals surface area contributed by atoms with Gasteiger partial charge in [0, 0.05) is 6.54 Å². The molecule has 1 atom stereocenters. The predicted octanol–water partition coefficient (Wildman–Crippen LogP) is 1.85. The summed E-state index contributed by atoms with van der Waals surface area (Å²) in [6.45, 7) is 2.52. The number of carbonyl (C=O) groups is 1. The van der Waals surface area contributed by atoms with Crippen molar-refractivity contribution in [3.63, 3.8) is 0 Å². The zero-order valence-electron chi connectivity index (χ0n) is 9.65. The lowest BCUT2D eigenvalue weighted by Crippen LogP contribution is -2.26. The Morgan fingerprint density at radius 3 is 2.69 bits per heavy atom. The monoisotopic (exact) mass is 221 g/mol. The fourth-order valence-corrected chi connectivity index (χ4v) is 1.52. The molecule has 0 saturated carbocycles. The first-order chi connectivity index (χ1) is 7.72. The van der Waals surface area contributed by atoms with Gasteiger partial charge in [-0.1, -0.05) is 43.7 Å². The maximum absolute atomic E-state index is 11.4. The molecule has 0 saturated heterocycles. The van der Waals surface area contributed by atoms with Gasteiger partial charge in [-0.15, -0.1) is 0 Å². The van der Waals surface area contributed by atoms with Crippen molar-refractivity contribution in [1.82, 2.24) is 5.32 Å². The SMILES string of the molecule is CCC[C@@H](O)CC(=O)NCc1ccccc1. The van der Waals surface area contributed by atoms with E-state index in [2.05, 4.69) is 5.32 Å². The molecule has 1 amide bonds. The lowest BCUT2D eigenvalue weighted by molar-refractivity contribution is -0.123. The summed E-state index contributed by atoms with van der Waals surface area (Å²) < 4.78 is 0. The molecule has 1 aromatic carbocycles. The van der Waals surface area contributed by atoms with Gasteiger partial charge in [0.1, 0.15) is 0 Å². The number of amides is 1. The van der Waals surface area contributed by atoms with Crippen LogP contribution in [0.15, 0.2) is 30.3 Å². The minimum absolute atomic E-state index is 0.0928. The van der Waals surface area contributed by atoms with Crippen LogP contribution < -0.4 is 5.32 Å². The molecule has 0 unspecified atom stereocenters. The second kappa shape index (κ2) is 7.01. The predicted molar refractivity (Wildman–Crippen MR) is 63.8 cm³/mol. The molecule has 0 radical (unpaired) electrons. The van der Waals surface area contributed by atoms with Crippen molar-refractivity contribution in [2.45, 2.75) is 38.8 Å². The van der Waals surface area contributed by atoms with E-state index in [0.717, 1.165) is 12.0 Å². The highest BCUT2D eigenvalue weighted by Gasteiger charge is 2.08. The summed E-state index contributed by atoms with van der Waals surface area (Å²) >= 11 is 0. The van der Waals surface area contributed by atoms with Gasteiger partial charge in [-0.2, -0.15) is 0 Å². The maximum Gasteiger partial charge on any atom is 0.222 e. The van der Waals surface area contributed by atoms with Crippen molar-refractivity contribution in [1.29, 1.82) is 0 Å². The zero-order valence-corrected chi connectivity index (χ0v) is 9.65. The van der Waals surface area contributed by atoms with Crippen LogP contribution in [0, 0.1) is 0 Å². The largest absolute Gasteiger partial charge is 0.393 e. The normalized spacial score (nSPS) is 12.1. The molecule has 0 aliphatic rings. The van der Waals surface area contributed by atoms with Crippen molar-refractivity contribution in [3.05, 3.63) is 35.9 Å². The number of rotatable bonds is 6. The molecule has 3 heteroatoms. The second-order valence-corrected chi connectivity index (χ2v) is 3.91. The molecule has 0 aromatic heterocycles. The molecule has 1 rings (SSSR count). The molecule has 88 valence electrons. The van der Waals surface area contributed by atoms with Crippen LogP contribution >= 0.6 is 0 Å². The van der Waals surface area contributed by atoms with Gasteiger partial charge in [-0.3, -0.25) is 4.79 Å². The summed E-state index contributed by atoms with van der Waals surface area (Å²) in [4.78, 5) is 11.4. The number of hydrogen-bond donors (Lipinski definition) is 2. The Labute approximate surface area is 96.5 Å². The van der Waals surface area contributed by atoms with Crippen molar-refractivity contribution >= 4 is 5.91 Å². The van der Waals surface area contributed by atoms with Gasteiger partial charge < -0.3 is 10.4 Å². The van der Waals surface area contributed by atoms with Crippen LogP contribution in [-0.2, 0) is 11.3 Å². The van der Waals surface area contributed by atoms with Crippen LogP contribution in [0.4, 0.5) is 0 Å². The topological polar surface area (TPSA) is 49.3 Å². The van der Waals surface area contributed by atoms with Crippen LogP contribution in [-0.4, -0.2) is 17.1 Å². The zero-order chi connectivity index (χ0) is 11.8. The Morgan fingerprint density at radius 1 is 1.38 bits per heavy atom. The first-order valence-corrected chi connectivity index (χ1v) is 5.71. The Kier molecular flexibility index (Phi) is 5.57. The van der Waals surface area contributed by atoms with Gasteiger partial charge in [0.15, 0.2) is 0 Å². The van der Waals surface area contributed by atoms with Crippen LogP contribution in [0.5, 0.6) is 0 Å². The Balaban J connectivity index is 2.25. The van der Waals surface area contributed by atoms with Crippen molar-refractivity contribution in [2.24, 2.45) is 0 Å². The summed E-state index contributed by atoms with van der Waals surface area (Å²) in [5.74, 6) is -0.0928. The van der Waals surface area contributed by atoms with E-state index in [0.29, 0.717) is 13.0 Å². The smallest absolute Gasteiger partial charge is 0.222 e. The summed E-state index contributed by atoms with van der Waals surface area (Å²) in [6, 6.07) is 9.74. The number of aliphatic hydroxyl groups is 1. The van der Waals surface area contributed by atoms with E-state index < -0.39 is 6.10 Å². The van der Waals surface area contributed by atoms with Gasteiger partial charge >= 0.3 is 0 Å². The molecular formula is C13H19NO2. The fourth-order valence-electron chi connectivity index (χ4n) is 1.52. The molecule has 0 fully saturated rings. The average molecular weight is 221 g/mol. The van der Waals surface area contributed by atoms with Gasteiger partial charge in [0.05, 0.1) is 12.5 Å². The highest BCUT2D eigenvalue weighted by molar-refractivity contribution is 5.76. The molecule has 0 heterocycles. The summed E-state index contributed by atoms with van der Waals surface area (Å²) in [6.07, 6.45) is 1.26. The third kappa shape index (κ3) is 4.94. The minimum atomic E-state index is -0.513. The molecular weight excluding hydrogens is 202 g/mol. The highest BCUT2D eigenvalue weighted by Crippen LogP contribution is 2.02. The lowest BCUT2D eigenvalue weighted by Gasteiger charge is -2.09. The number of nitrogens with one attached hydrogen (secondary N) is 1. The third-order valence-electron chi connectivity index (χ3n) is 2.38. The van der Waals surface area contributed by atoms with Crippen LogP contribution in [0.2, 0.25) is 0 Å². The number of carbonyl (C=O) groups excluding carboxylic acids is 1. The summed E-state index contributed by atoms with van der Waals surface area (Å²) in [5.41, 5.74) is 1.07. The molecule has 0 bridgehead atoms. The maximum atomic E-state index is 11.4. The second-order valence-electron chi connectivity index (χ2n) is 3.91. The van der Waals surface area contributed by atoms with E-state index in [1.165, 1.54) is 0 Å². The van der Waals surface area contributed by atoms with Gasteiger partial charge in [-0.25, -0.2) is 0 Å². The Morgan fingerprint density at radius 2 is 2.06 bits per heavy atom. The van der Waals surface area contributed by atoms with E-state index in [1.807, 2.05) is 37.3 Å². The lowest BCUT2D eigenvalue weighted by atomic mass is 10.1. The van der Waals surface area contributed by atoms with Gasteiger partial charge in [-0.05, 0) is 12.0 Å². The van der Waals surface area contributed by atoms with Crippen LogP contribution in [0.1, 0.15) is 31.7 Å². The number of hydrogen-bond acceptors (Lipinski definition) is 2. The van der Waals surface area contributed by atoms with Crippen molar-refractivity contribution in [2.75, 3.05) is 0 Å². The first kappa shape index (κ1) is 12.7. The van der Waals surface area contributed by atoms with E-state index in [1.54, 1.807) is 0 Å². The molecule has 3 nitrogen and oxygen atoms in total. The highest BCUT2D eigenvalue weighted by atomic mass is 16.3. The van der Waals surface area contributed by atoms with E-state index in [-0.39, 0.29) is 12.3 Å². The summed E-state index contributed by atoms with van der Waals surface area (Å²) in [7, 11) is 0. The first-order valence-electron chi connectivity index (χ1n) is 5.71. The van der Waals surface area contributed by atoms with E-state index in [9.17, 15) is 9.90 Å². The molecule has 1 aromatic rings. The standard InChI is InChI=1S/C13H19NO2/c1-2-6-12(15)9-13(16)14-10-11-7-4-3-5-8-11/h3-5,7-8,12,15H,2,6,9-10H2,1H3,(H,14,16)/t12-/m1/s1. The molecule has 0 spiro atoms. The van der Waals surface area contributed by atoms with Gasteiger partial charge in [0.2, 0.25) is 5.91 Å². The quantitative estimate of drug-likeness (QED) is 0.770. The third-order valence-corrected chi connectivity index (χ3v) is 2.38. The average Bonchev–Trinajstić information content (AvgIpc) is 2.28. The molecule has 0 aliphatic heterocycles. The van der Waals surface area contributed by atoms with Crippen LogP contribution in [0.3, 0.4) is 0 Å². The van der Waals surface area contributed by atoms with Gasteiger partial charge in [0.25, 0.3) is 0 Å². The van der Waals surface area contributed by atoms with E-state index in [4.69, 9.17) is 0 Å². The van der Waals surface area contributed by atoms with Crippen molar-refractivity contribution < 1.29 is 9.90 Å². The van der Waals surface area contributed by atoms with Crippen molar-refractivity contribution in [3.8, 4) is 0 Å². The Hall–Kier alpha value is -1.35.